The molecule has 0 saturated heterocycles. The van der Waals surface area contributed by atoms with Gasteiger partial charge in [-0.3, -0.25) is 0 Å². The number of fused-ring (bicyclic) bond motifs is 10. The lowest BCUT2D eigenvalue weighted by molar-refractivity contribution is 0.660. The summed E-state index contributed by atoms with van der Waals surface area (Å²) in [6, 6.07) is 74.0. The molecule has 0 amide bonds. The van der Waals surface area contributed by atoms with Crippen LogP contribution in [0, 0.1) is 0 Å². The standard InChI is InChI=1S/C55H39N/c1-55(2)52-33-40(39-25-24-36-14-6-7-17-38(36)32-39)26-29-49(52)50-31-28-42(35-53(50)55)56(54-23-13-12-18-43(54)37-15-4-3-5-16-37)41-27-30-48-46-21-9-8-19-44(46)45-20-10-11-22-47(45)51(48)34-41/h3-35H,1-2H3. The molecule has 10 aromatic carbocycles. The third kappa shape index (κ3) is 5.01. The Bertz CT molecular complexity index is 3140. The van der Waals surface area contributed by atoms with Gasteiger partial charge in [-0.2, -0.15) is 0 Å². The van der Waals surface area contributed by atoms with Gasteiger partial charge < -0.3 is 4.90 Å². The Morgan fingerprint density at radius 2 is 0.839 bits per heavy atom. The van der Waals surface area contributed by atoms with E-state index in [2.05, 4.69) is 219 Å². The molecule has 1 heteroatoms. The summed E-state index contributed by atoms with van der Waals surface area (Å²) in [5, 5.41) is 10.2. The van der Waals surface area contributed by atoms with E-state index in [1.54, 1.807) is 0 Å². The van der Waals surface area contributed by atoms with Crippen LogP contribution >= 0.6 is 0 Å². The first-order valence-electron chi connectivity index (χ1n) is 19.6. The second-order valence-corrected chi connectivity index (χ2v) is 15.7. The molecule has 56 heavy (non-hydrogen) atoms. The summed E-state index contributed by atoms with van der Waals surface area (Å²) in [4.78, 5) is 2.48. The zero-order valence-electron chi connectivity index (χ0n) is 31.5. The molecule has 1 aliphatic rings. The van der Waals surface area contributed by atoms with E-state index in [0.29, 0.717) is 0 Å². The van der Waals surface area contributed by atoms with E-state index in [4.69, 9.17) is 0 Å². The van der Waals surface area contributed by atoms with Crippen LogP contribution in [0.5, 0.6) is 0 Å². The van der Waals surface area contributed by atoms with Gasteiger partial charge in [-0.05, 0) is 124 Å². The highest BCUT2D eigenvalue weighted by atomic mass is 15.1. The first-order valence-corrected chi connectivity index (χ1v) is 19.6. The van der Waals surface area contributed by atoms with E-state index in [-0.39, 0.29) is 5.41 Å². The topological polar surface area (TPSA) is 3.24 Å². The zero-order chi connectivity index (χ0) is 37.4. The number of para-hydroxylation sites is 1. The smallest absolute Gasteiger partial charge is 0.0540 e. The fourth-order valence-electron chi connectivity index (χ4n) is 9.41. The fraction of sp³-hybridized carbons (Fsp3) is 0.0545. The Balaban J connectivity index is 1.10. The molecule has 0 radical (unpaired) electrons. The van der Waals surface area contributed by atoms with Crippen molar-refractivity contribution in [3.63, 3.8) is 0 Å². The minimum atomic E-state index is -0.198. The van der Waals surface area contributed by atoms with Gasteiger partial charge in [-0.25, -0.2) is 0 Å². The minimum Gasteiger partial charge on any atom is -0.310 e. The van der Waals surface area contributed by atoms with Crippen molar-refractivity contribution in [1.82, 2.24) is 0 Å². The van der Waals surface area contributed by atoms with Gasteiger partial charge in [-0.15, -0.1) is 0 Å². The number of rotatable bonds is 5. The average Bonchev–Trinajstić information content (AvgIpc) is 3.48. The van der Waals surface area contributed by atoms with Crippen LogP contribution in [-0.2, 0) is 5.41 Å². The van der Waals surface area contributed by atoms with Crippen LogP contribution < -0.4 is 4.90 Å². The van der Waals surface area contributed by atoms with Crippen molar-refractivity contribution < 1.29 is 0 Å². The summed E-state index contributed by atoms with van der Waals surface area (Å²) in [5.74, 6) is 0. The predicted molar refractivity (Wildman–Crippen MR) is 240 cm³/mol. The molecule has 0 saturated carbocycles. The first kappa shape index (κ1) is 32.5. The fourth-order valence-corrected chi connectivity index (χ4v) is 9.41. The van der Waals surface area contributed by atoms with E-state index in [0.717, 1.165) is 17.1 Å². The van der Waals surface area contributed by atoms with Crippen LogP contribution in [-0.4, -0.2) is 0 Å². The Hall–Kier alpha value is -6.96. The van der Waals surface area contributed by atoms with Gasteiger partial charge >= 0.3 is 0 Å². The number of anilines is 3. The lowest BCUT2D eigenvalue weighted by Gasteiger charge is -2.30. The van der Waals surface area contributed by atoms with E-state index in [1.165, 1.54) is 87.6 Å². The molecular formula is C55H39N. The minimum absolute atomic E-state index is 0.198. The van der Waals surface area contributed by atoms with Crippen molar-refractivity contribution in [2.75, 3.05) is 4.90 Å². The average molecular weight is 714 g/mol. The zero-order valence-corrected chi connectivity index (χ0v) is 31.5. The summed E-state index contributed by atoms with van der Waals surface area (Å²) in [5.41, 5.74) is 13.5. The highest BCUT2D eigenvalue weighted by Gasteiger charge is 2.36. The van der Waals surface area contributed by atoms with Crippen LogP contribution in [0.25, 0.3) is 76.5 Å². The number of hydrogen-bond donors (Lipinski definition) is 0. The molecule has 264 valence electrons. The van der Waals surface area contributed by atoms with Gasteiger partial charge in [-0.1, -0.05) is 172 Å². The van der Waals surface area contributed by atoms with Crippen molar-refractivity contribution in [2.45, 2.75) is 19.3 Å². The molecule has 0 aliphatic heterocycles. The van der Waals surface area contributed by atoms with Crippen molar-refractivity contribution in [3.05, 3.63) is 211 Å². The molecule has 0 N–H and O–H groups in total. The SMILES string of the molecule is CC1(C)c2cc(-c3ccc4ccccc4c3)ccc2-c2ccc(N(c3ccc4c5ccccc5c5ccccc5c4c3)c3ccccc3-c3ccccc3)cc21. The van der Waals surface area contributed by atoms with Gasteiger partial charge in [0, 0.05) is 22.4 Å². The van der Waals surface area contributed by atoms with Crippen LogP contribution in [0.4, 0.5) is 17.1 Å². The van der Waals surface area contributed by atoms with Gasteiger partial charge in [0.25, 0.3) is 0 Å². The predicted octanol–water partition coefficient (Wildman–Crippen LogP) is 15.4. The summed E-state index contributed by atoms with van der Waals surface area (Å²) < 4.78 is 0. The maximum atomic E-state index is 2.48. The molecule has 11 rings (SSSR count). The van der Waals surface area contributed by atoms with E-state index in [1.807, 2.05) is 0 Å². The third-order valence-electron chi connectivity index (χ3n) is 12.2. The lowest BCUT2D eigenvalue weighted by Crippen LogP contribution is -2.17. The lowest BCUT2D eigenvalue weighted by atomic mass is 9.81. The molecule has 0 fully saturated rings. The molecule has 0 aromatic heterocycles. The quantitative estimate of drug-likeness (QED) is 0.161. The summed E-state index contributed by atoms with van der Waals surface area (Å²) >= 11 is 0. The van der Waals surface area contributed by atoms with Crippen molar-refractivity contribution in [1.29, 1.82) is 0 Å². The number of nitrogens with zero attached hydrogens (tertiary/aromatic N) is 1. The van der Waals surface area contributed by atoms with Crippen LogP contribution in [0.3, 0.4) is 0 Å². The van der Waals surface area contributed by atoms with Gasteiger partial charge in [0.05, 0.1) is 5.69 Å². The Morgan fingerprint density at radius 3 is 1.59 bits per heavy atom. The molecule has 0 spiro atoms. The van der Waals surface area contributed by atoms with E-state index in [9.17, 15) is 0 Å². The maximum Gasteiger partial charge on any atom is 0.0540 e. The normalized spacial score (nSPS) is 13.0. The maximum absolute atomic E-state index is 2.48. The molecule has 0 bridgehead atoms. The molecule has 0 heterocycles. The molecule has 10 aromatic rings. The van der Waals surface area contributed by atoms with Crippen LogP contribution in [0.1, 0.15) is 25.0 Å². The Kier molecular flexibility index (Phi) is 7.28. The van der Waals surface area contributed by atoms with Crippen molar-refractivity contribution in [2.24, 2.45) is 0 Å². The Morgan fingerprint density at radius 1 is 0.321 bits per heavy atom. The van der Waals surface area contributed by atoms with E-state index < -0.39 is 0 Å². The molecule has 0 unspecified atom stereocenters. The van der Waals surface area contributed by atoms with Gasteiger partial charge in [0.15, 0.2) is 0 Å². The molecule has 1 nitrogen and oxygen atoms in total. The van der Waals surface area contributed by atoms with Crippen LogP contribution in [0.15, 0.2) is 200 Å². The second-order valence-electron chi connectivity index (χ2n) is 15.7. The summed E-state index contributed by atoms with van der Waals surface area (Å²) in [7, 11) is 0. The molecule has 1 aliphatic carbocycles. The largest absolute Gasteiger partial charge is 0.310 e. The van der Waals surface area contributed by atoms with Gasteiger partial charge in [0.1, 0.15) is 0 Å². The summed E-state index contributed by atoms with van der Waals surface area (Å²) in [6.07, 6.45) is 0. The van der Waals surface area contributed by atoms with Crippen molar-refractivity contribution >= 4 is 60.2 Å². The first-order chi connectivity index (χ1) is 27.5. The highest BCUT2D eigenvalue weighted by Crippen LogP contribution is 2.52. The Labute approximate surface area is 327 Å². The van der Waals surface area contributed by atoms with Crippen LogP contribution in [0.2, 0.25) is 0 Å². The van der Waals surface area contributed by atoms with Gasteiger partial charge in [0.2, 0.25) is 0 Å². The van der Waals surface area contributed by atoms with Crippen molar-refractivity contribution in [3.8, 4) is 33.4 Å². The highest BCUT2D eigenvalue weighted by molar-refractivity contribution is 6.25. The molecule has 0 atom stereocenters. The summed E-state index contributed by atoms with van der Waals surface area (Å²) in [6.45, 7) is 4.78. The third-order valence-corrected chi connectivity index (χ3v) is 12.2. The van der Waals surface area contributed by atoms with E-state index >= 15 is 0 Å². The second kappa shape index (κ2) is 12.5. The monoisotopic (exact) mass is 713 g/mol. The molecular weight excluding hydrogens is 675 g/mol. The number of hydrogen-bond acceptors (Lipinski definition) is 1. The number of benzene rings is 10.